The number of hydrogen-bond acceptors (Lipinski definition) is 5. The fourth-order valence-corrected chi connectivity index (χ4v) is 1.69. The van der Waals surface area contributed by atoms with Crippen LogP contribution in [0.15, 0.2) is 29.4 Å². The van der Waals surface area contributed by atoms with Gasteiger partial charge in [-0.1, -0.05) is 0 Å². The molecule has 8 heteroatoms. The van der Waals surface area contributed by atoms with Gasteiger partial charge in [0.1, 0.15) is 5.82 Å². The second-order valence-corrected chi connectivity index (χ2v) is 4.18. The second-order valence-electron chi connectivity index (χ2n) is 4.18. The van der Waals surface area contributed by atoms with Gasteiger partial charge < -0.3 is 10.1 Å². The Morgan fingerprint density at radius 3 is 2.90 bits per heavy atom. The predicted molar refractivity (Wildman–Crippen MR) is 73.4 cm³/mol. The molecule has 0 atom stereocenters. The maximum atomic E-state index is 13.0. The molecule has 0 saturated carbocycles. The Morgan fingerprint density at radius 2 is 2.24 bits per heavy atom. The zero-order chi connectivity index (χ0) is 15.4. The molecule has 0 aliphatic heterocycles. The van der Waals surface area contributed by atoms with Gasteiger partial charge in [-0.3, -0.25) is 0 Å². The molecule has 7 nitrogen and oxygen atoms in total. The maximum absolute atomic E-state index is 13.0. The highest BCUT2D eigenvalue weighted by atomic mass is 19.1. The zero-order valence-corrected chi connectivity index (χ0v) is 11.5. The van der Waals surface area contributed by atoms with Crippen molar-refractivity contribution < 1.29 is 13.9 Å². The first-order valence-electron chi connectivity index (χ1n) is 6.20. The molecule has 2 rings (SSSR count). The number of benzene rings is 1. The van der Waals surface area contributed by atoms with Crippen LogP contribution in [0.1, 0.15) is 12.6 Å². The molecule has 1 aromatic heterocycles. The number of rotatable bonds is 4. The lowest BCUT2D eigenvalue weighted by Crippen LogP contribution is -2.29. The smallest absolute Gasteiger partial charge is 0.342 e. The average molecular weight is 292 g/mol. The van der Waals surface area contributed by atoms with Crippen molar-refractivity contribution in [2.24, 2.45) is 5.18 Å². The topological polar surface area (TPSA) is 85.6 Å². The van der Waals surface area contributed by atoms with E-state index in [-0.39, 0.29) is 17.3 Å². The summed E-state index contributed by atoms with van der Waals surface area (Å²) < 4.78 is 19.5. The Morgan fingerprint density at radius 1 is 1.48 bits per heavy atom. The first-order chi connectivity index (χ1) is 10.0. The fourth-order valence-electron chi connectivity index (χ4n) is 1.69. The molecule has 0 bridgehead atoms. The number of hydrogen-bond donors (Lipinski definition) is 1. The molecule has 1 heterocycles. The summed E-state index contributed by atoms with van der Waals surface area (Å²) in [5, 5.41) is 9.26. The Bertz CT molecular complexity index is 684. The van der Waals surface area contributed by atoms with E-state index in [0.717, 1.165) is 16.8 Å². The highest BCUT2D eigenvalue weighted by Gasteiger charge is 2.14. The number of aryl methyl sites for hydroxylation is 1. The molecule has 0 radical (unpaired) electrons. The summed E-state index contributed by atoms with van der Waals surface area (Å²) >= 11 is 0. The van der Waals surface area contributed by atoms with Crippen LogP contribution in [0.3, 0.4) is 0 Å². The number of ether oxygens (including phenoxy) is 1. The van der Waals surface area contributed by atoms with E-state index in [4.69, 9.17) is 4.74 Å². The molecule has 0 fully saturated rings. The van der Waals surface area contributed by atoms with Crippen molar-refractivity contribution in [3.8, 4) is 11.6 Å². The van der Waals surface area contributed by atoms with Gasteiger partial charge in [-0.15, -0.1) is 10.0 Å². The van der Waals surface area contributed by atoms with Gasteiger partial charge in [-0.25, -0.2) is 9.18 Å². The second kappa shape index (κ2) is 6.12. The lowest BCUT2D eigenvalue weighted by Gasteiger charge is -2.04. The molecule has 1 N–H and O–H groups in total. The predicted octanol–water partition coefficient (Wildman–Crippen LogP) is 3.10. The molecule has 2 aromatic rings. The van der Waals surface area contributed by atoms with E-state index in [1.165, 1.54) is 12.1 Å². The van der Waals surface area contributed by atoms with Crippen molar-refractivity contribution in [1.82, 2.24) is 15.1 Å². The summed E-state index contributed by atoms with van der Waals surface area (Å²) in [6.45, 7) is 3.93. The van der Waals surface area contributed by atoms with Gasteiger partial charge in [0.05, 0.1) is 5.69 Å². The molecule has 0 unspecified atom stereocenters. The fraction of sp³-hybridized carbons (Fsp3) is 0.231. The Labute approximate surface area is 119 Å². The number of nitroso groups, excluding NO2 is 1. The number of amides is 1. The van der Waals surface area contributed by atoms with Crippen LogP contribution in [0.25, 0.3) is 0 Å². The summed E-state index contributed by atoms with van der Waals surface area (Å²) in [6.07, 6.45) is 0. The molecular formula is C13H13FN4O3. The van der Waals surface area contributed by atoms with Crippen molar-refractivity contribution >= 4 is 11.7 Å². The van der Waals surface area contributed by atoms with Crippen molar-refractivity contribution in [1.29, 1.82) is 0 Å². The van der Waals surface area contributed by atoms with Crippen molar-refractivity contribution in [2.75, 3.05) is 6.54 Å². The van der Waals surface area contributed by atoms with Crippen LogP contribution < -0.4 is 10.1 Å². The van der Waals surface area contributed by atoms with Gasteiger partial charge >= 0.3 is 6.03 Å². The number of nitrogens with one attached hydrogen (secondary N) is 1. The van der Waals surface area contributed by atoms with Crippen LogP contribution in [0, 0.1) is 17.6 Å². The number of nitrogens with zero attached hydrogens (tertiary/aromatic N) is 3. The third-order valence-corrected chi connectivity index (χ3v) is 2.62. The summed E-state index contributed by atoms with van der Waals surface area (Å²) in [7, 11) is 0. The van der Waals surface area contributed by atoms with Crippen LogP contribution in [-0.4, -0.2) is 22.4 Å². The molecule has 1 amide bonds. The third-order valence-electron chi connectivity index (χ3n) is 2.62. The van der Waals surface area contributed by atoms with Gasteiger partial charge in [-0.2, -0.15) is 4.68 Å². The summed E-state index contributed by atoms with van der Waals surface area (Å²) in [4.78, 5) is 22.4. The zero-order valence-electron chi connectivity index (χ0n) is 11.5. The third kappa shape index (κ3) is 3.22. The lowest BCUT2D eigenvalue weighted by molar-refractivity contribution is 0.239. The molecule has 0 saturated heterocycles. The molecule has 110 valence electrons. The molecule has 1 aromatic carbocycles. The number of carbonyl (C=O) groups is 1. The summed E-state index contributed by atoms with van der Waals surface area (Å²) in [6, 6.07) is 4.49. The number of aromatic nitrogens is 2. The van der Waals surface area contributed by atoms with Gasteiger partial charge in [0.15, 0.2) is 11.4 Å². The van der Waals surface area contributed by atoms with Gasteiger partial charge in [-0.05, 0) is 31.2 Å². The van der Waals surface area contributed by atoms with Crippen LogP contribution in [-0.2, 0) is 0 Å². The molecule has 0 spiro atoms. The van der Waals surface area contributed by atoms with E-state index < -0.39 is 11.8 Å². The van der Waals surface area contributed by atoms with Crippen LogP contribution in [0.5, 0.6) is 11.6 Å². The molecule has 21 heavy (non-hydrogen) atoms. The summed E-state index contributed by atoms with van der Waals surface area (Å²) in [5.41, 5.74) is 0.374. The largest absolute Gasteiger partial charge is 0.435 e. The van der Waals surface area contributed by atoms with E-state index in [0.29, 0.717) is 12.2 Å². The van der Waals surface area contributed by atoms with E-state index in [2.05, 4.69) is 15.6 Å². The van der Waals surface area contributed by atoms with Gasteiger partial charge in [0.2, 0.25) is 5.88 Å². The Hall–Kier alpha value is -2.77. The normalized spacial score (nSPS) is 10.2. The number of halogens is 1. The lowest BCUT2D eigenvalue weighted by atomic mass is 10.3. The van der Waals surface area contributed by atoms with Crippen molar-refractivity contribution in [3.05, 3.63) is 40.7 Å². The monoisotopic (exact) mass is 292 g/mol. The highest BCUT2D eigenvalue weighted by molar-refractivity contribution is 5.76. The van der Waals surface area contributed by atoms with Gasteiger partial charge in [0.25, 0.3) is 0 Å². The Kier molecular flexibility index (Phi) is 4.27. The van der Waals surface area contributed by atoms with E-state index in [9.17, 15) is 14.1 Å². The minimum Gasteiger partial charge on any atom is -0.435 e. The van der Waals surface area contributed by atoms with E-state index in [1.54, 1.807) is 13.8 Å². The summed E-state index contributed by atoms with van der Waals surface area (Å²) in [5.74, 6) is -0.428. The number of carbonyl (C=O) groups excluding carboxylic acids is 1. The quantitative estimate of drug-likeness (QED) is 0.877. The molecular weight excluding hydrogens is 279 g/mol. The SMILES string of the molecule is CCNC(=O)n1nc(Oc2ccc(F)cc2N=O)cc1C. The first kappa shape index (κ1) is 14.6. The van der Waals surface area contributed by atoms with Crippen LogP contribution in [0.2, 0.25) is 0 Å². The molecule has 0 aliphatic carbocycles. The standard InChI is InChI=1S/C13H13FN4O3/c1-3-15-13(19)18-8(2)6-12(16-18)21-11-5-4-9(14)7-10(11)17-20/h4-7H,3H2,1-2H3,(H,15,19). The van der Waals surface area contributed by atoms with E-state index in [1.807, 2.05) is 0 Å². The van der Waals surface area contributed by atoms with Gasteiger partial charge in [0, 0.05) is 18.7 Å². The van der Waals surface area contributed by atoms with Crippen molar-refractivity contribution in [2.45, 2.75) is 13.8 Å². The molecule has 0 aliphatic rings. The Balaban J connectivity index is 2.27. The van der Waals surface area contributed by atoms with Crippen LogP contribution >= 0.6 is 0 Å². The van der Waals surface area contributed by atoms with E-state index >= 15 is 0 Å². The average Bonchev–Trinajstić information content (AvgIpc) is 2.82. The maximum Gasteiger partial charge on any atom is 0.342 e. The first-order valence-corrected chi connectivity index (χ1v) is 6.20. The highest BCUT2D eigenvalue weighted by Crippen LogP contribution is 2.31. The minimum absolute atomic E-state index is 0.0620. The minimum atomic E-state index is -0.596. The van der Waals surface area contributed by atoms with Crippen LogP contribution in [0.4, 0.5) is 14.9 Å². The van der Waals surface area contributed by atoms with Crippen molar-refractivity contribution in [3.63, 3.8) is 0 Å².